The van der Waals surface area contributed by atoms with Gasteiger partial charge in [0, 0.05) is 6.20 Å². The van der Waals surface area contributed by atoms with Crippen LogP contribution in [0.15, 0.2) is 48.8 Å². The SMILES string of the molecule is CC1(F)CC1c1ncc2ccc(-c3ccc(OC(F)(F)P)cc3)cn12. The van der Waals surface area contributed by atoms with Crippen LogP contribution in [0.5, 0.6) is 5.75 Å². The molecule has 1 fully saturated rings. The van der Waals surface area contributed by atoms with Gasteiger partial charge in [-0.15, -0.1) is 0 Å². The number of hydrogen-bond donors (Lipinski definition) is 0. The van der Waals surface area contributed by atoms with Crippen LogP contribution < -0.4 is 4.74 Å². The maximum atomic E-state index is 14.0. The van der Waals surface area contributed by atoms with Crippen molar-refractivity contribution in [1.29, 1.82) is 0 Å². The van der Waals surface area contributed by atoms with E-state index in [1.165, 1.54) is 21.4 Å². The molecule has 0 N–H and O–H groups in total. The molecular weight excluding hydrogens is 348 g/mol. The molecule has 4 rings (SSSR count). The summed E-state index contributed by atoms with van der Waals surface area (Å²) in [6.45, 7) is 1.59. The highest BCUT2D eigenvalue weighted by Crippen LogP contribution is 2.53. The van der Waals surface area contributed by atoms with Crippen LogP contribution in [0.25, 0.3) is 16.6 Å². The van der Waals surface area contributed by atoms with E-state index in [0.717, 1.165) is 16.6 Å². The molecule has 1 saturated carbocycles. The molecule has 1 aromatic carbocycles. The zero-order chi connectivity index (χ0) is 17.8. The van der Waals surface area contributed by atoms with Gasteiger partial charge in [0.15, 0.2) is 0 Å². The molecule has 3 aromatic rings. The Balaban J connectivity index is 1.66. The van der Waals surface area contributed by atoms with Gasteiger partial charge in [0.2, 0.25) is 0 Å². The average Bonchev–Trinajstić information content (AvgIpc) is 2.98. The average molecular weight is 364 g/mol. The number of nitrogens with zero attached hydrogens (tertiary/aromatic N) is 2. The minimum atomic E-state index is -3.30. The Morgan fingerprint density at radius 1 is 1.20 bits per heavy atom. The maximum Gasteiger partial charge on any atom is 0.408 e. The van der Waals surface area contributed by atoms with E-state index in [-0.39, 0.29) is 11.7 Å². The topological polar surface area (TPSA) is 26.5 Å². The third-order valence-electron chi connectivity index (χ3n) is 4.48. The third kappa shape index (κ3) is 3.23. The Bertz CT molecular complexity index is 932. The van der Waals surface area contributed by atoms with Gasteiger partial charge < -0.3 is 9.14 Å². The molecule has 7 heteroatoms. The summed E-state index contributed by atoms with van der Waals surface area (Å²) in [4.78, 5) is 4.36. The number of pyridine rings is 1. The molecule has 25 heavy (non-hydrogen) atoms. The molecule has 0 saturated heterocycles. The molecule has 3 nitrogen and oxygen atoms in total. The highest BCUT2D eigenvalue weighted by atomic mass is 31.0. The predicted molar refractivity (Wildman–Crippen MR) is 92.8 cm³/mol. The second kappa shape index (κ2) is 5.46. The first kappa shape index (κ1) is 16.4. The van der Waals surface area contributed by atoms with Gasteiger partial charge in [0.05, 0.1) is 17.6 Å². The molecule has 0 bridgehead atoms. The summed E-state index contributed by atoms with van der Waals surface area (Å²) >= 11 is 0. The van der Waals surface area contributed by atoms with Crippen LogP contribution in [-0.2, 0) is 0 Å². The summed E-state index contributed by atoms with van der Waals surface area (Å²) in [6.07, 6.45) is 4.10. The highest BCUT2D eigenvalue weighted by molar-refractivity contribution is 7.17. The number of benzene rings is 1. The summed E-state index contributed by atoms with van der Waals surface area (Å²) in [5.41, 5.74) is 1.43. The quantitative estimate of drug-likeness (QED) is 0.608. The number of fused-ring (bicyclic) bond motifs is 1. The van der Waals surface area contributed by atoms with Gasteiger partial charge in [-0.1, -0.05) is 18.2 Å². The lowest BCUT2D eigenvalue weighted by Gasteiger charge is -2.13. The zero-order valence-electron chi connectivity index (χ0n) is 13.4. The van der Waals surface area contributed by atoms with Crippen molar-refractivity contribution in [3.05, 3.63) is 54.6 Å². The monoisotopic (exact) mass is 364 g/mol. The molecular formula is C18H16F3N2OP. The number of ether oxygens (including phenoxy) is 1. The highest BCUT2D eigenvalue weighted by Gasteiger charge is 2.54. The Kier molecular flexibility index (Phi) is 3.58. The minimum absolute atomic E-state index is 0.0827. The fourth-order valence-electron chi connectivity index (χ4n) is 3.01. The molecule has 1 aliphatic carbocycles. The fraction of sp³-hybridized carbons (Fsp3) is 0.278. The van der Waals surface area contributed by atoms with Crippen LogP contribution in [-0.4, -0.2) is 20.9 Å². The molecule has 1 aliphatic rings. The van der Waals surface area contributed by atoms with E-state index in [9.17, 15) is 13.2 Å². The van der Waals surface area contributed by atoms with E-state index in [4.69, 9.17) is 0 Å². The van der Waals surface area contributed by atoms with E-state index in [0.29, 0.717) is 12.2 Å². The van der Waals surface area contributed by atoms with Crippen molar-refractivity contribution in [2.45, 2.75) is 30.8 Å². The van der Waals surface area contributed by atoms with Gasteiger partial charge in [-0.3, -0.25) is 0 Å². The van der Waals surface area contributed by atoms with Crippen molar-refractivity contribution < 1.29 is 17.9 Å². The number of aromatic nitrogens is 2. The van der Waals surface area contributed by atoms with Crippen molar-refractivity contribution in [2.75, 3.05) is 0 Å². The molecule has 0 amide bonds. The smallest absolute Gasteiger partial charge is 0.408 e. The normalized spacial score (nSPS) is 23.0. The second-order valence-corrected chi connectivity index (χ2v) is 7.22. The minimum Gasteiger partial charge on any atom is -0.430 e. The molecule has 3 unspecified atom stereocenters. The molecule has 130 valence electrons. The van der Waals surface area contributed by atoms with Crippen molar-refractivity contribution >= 4 is 14.8 Å². The van der Waals surface area contributed by atoms with Crippen molar-refractivity contribution in [2.24, 2.45) is 0 Å². The Morgan fingerprint density at radius 2 is 1.84 bits per heavy atom. The Morgan fingerprint density at radius 3 is 2.44 bits per heavy atom. The van der Waals surface area contributed by atoms with E-state index in [1.54, 1.807) is 25.3 Å². The number of halogens is 3. The summed E-state index contributed by atoms with van der Waals surface area (Å²) in [5, 5.41) is 0. The molecule has 2 aromatic heterocycles. The zero-order valence-corrected chi connectivity index (χ0v) is 14.6. The van der Waals surface area contributed by atoms with Crippen LogP contribution >= 0.6 is 9.24 Å². The summed E-state index contributed by atoms with van der Waals surface area (Å²) in [6, 6.07) is 10.2. The molecule has 0 spiro atoms. The summed E-state index contributed by atoms with van der Waals surface area (Å²) < 4.78 is 46.1. The number of imidazole rings is 1. The second-order valence-electron chi connectivity index (χ2n) is 6.55. The summed E-state index contributed by atoms with van der Waals surface area (Å²) in [7, 11) is 1.34. The van der Waals surface area contributed by atoms with Crippen LogP contribution in [0.3, 0.4) is 0 Å². The van der Waals surface area contributed by atoms with Crippen molar-refractivity contribution in [3.63, 3.8) is 0 Å². The lowest BCUT2D eigenvalue weighted by molar-refractivity contribution is -0.0892. The van der Waals surface area contributed by atoms with Gasteiger partial charge in [0.1, 0.15) is 17.2 Å². The molecule has 3 atom stereocenters. The largest absolute Gasteiger partial charge is 0.430 e. The van der Waals surface area contributed by atoms with E-state index >= 15 is 0 Å². The van der Waals surface area contributed by atoms with Crippen LogP contribution in [0.4, 0.5) is 13.2 Å². The van der Waals surface area contributed by atoms with Gasteiger partial charge in [0.25, 0.3) is 0 Å². The van der Waals surface area contributed by atoms with Crippen LogP contribution in [0.1, 0.15) is 25.1 Å². The first-order chi connectivity index (χ1) is 11.7. The summed E-state index contributed by atoms with van der Waals surface area (Å²) in [5.74, 6) is -2.69. The van der Waals surface area contributed by atoms with Crippen LogP contribution in [0, 0.1) is 0 Å². The Hall–Kier alpha value is -2.07. The van der Waals surface area contributed by atoms with Crippen LogP contribution in [0.2, 0.25) is 0 Å². The van der Waals surface area contributed by atoms with Gasteiger partial charge >= 0.3 is 5.85 Å². The van der Waals surface area contributed by atoms with E-state index in [2.05, 4.69) is 9.72 Å². The third-order valence-corrected chi connectivity index (χ3v) is 4.60. The number of alkyl halides is 3. The molecule has 0 aliphatic heterocycles. The number of rotatable bonds is 4. The van der Waals surface area contributed by atoms with Gasteiger partial charge in [-0.05, 0) is 51.9 Å². The van der Waals surface area contributed by atoms with Crippen molar-refractivity contribution in [1.82, 2.24) is 9.38 Å². The van der Waals surface area contributed by atoms with Gasteiger partial charge in [-0.25, -0.2) is 9.37 Å². The van der Waals surface area contributed by atoms with E-state index < -0.39 is 11.5 Å². The fourth-order valence-corrected chi connectivity index (χ4v) is 3.15. The standard InChI is InChI=1S/C18H16F3N2OP/c1-17(19)8-15(17)16-22-9-13-5-2-12(10-23(13)16)11-3-6-14(7-4-11)24-18(20,21)25/h2-7,9-10,15H,8,25H2,1H3. The predicted octanol–water partition coefficient (Wildman–Crippen LogP) is 5.02. The lowest BCUT2D eigenvalue weighted by Crippen LogP contribution is -2.14. The maximum absolute atomic E-state index is 14.0. The van der Waals surface area contributed by atoms with Gasteiger partial charge in [-0.2, -0.15) is 8.78 Å². The Labute approximate surface area is 145 Å². The number of hydrogen-bond acceptors (Lipinski definition) is 2. The van der Waals surface area contributed by atoms with E-state index in [1.807, 2.05) is 22.7 Å². The first-order valence-electron chi connectivity index (χ1n) is 7.85. The molecule has 2 heterocycles. The lowest BCUT2D eigenvalue weighted by atomic mass is 10.1. The molecule has 0 radical (unpaired) electrons. The first-order valence-corrected chi connectivity index (χ1v) is 8.43. The van der Waals surface area contributed by atoms with Crippen molar-refractivity contribution in [3.8, 4) is 16.9 Å².